The highest BCUT2D eigenvalue weighted by molar-refractivity contribution is 7.15. The fourth-order valence-corrected chi connectivity index (χ4v) is 3.70. The minimum Gasteiger partial charge on any atom is -0.465 e. The molecule has 0 saturated carbocycles. The maximum atomic E-state index is 12.2. The summed E-state index contributed by atoms with van der Waals surface area (Å²) in [7, 11) is 0. The van der Waals surface area contributed by atoms with Crippen LogP contribution in [0.15, 0.2) is 18.6 Å². The Morgan fingerprint density at radius 2 is 2.18 bits per heavy atom. The maximum absolute atomic E-state index is 12.2. The predicted molar refractivity (Wildman–Crippen MR) is 101 cm³/mol. The molecule has 2 amide bonds. The Bertz CT molecular complexity index is 857. The summed E-state index contributed by atoms with van der Waals surface area (Å²) < 4.78 is 4.78. The molecule has 0 unspecified atom stereocenters. The largest absolute Gasteiger partial charge is 0.465 e. The van der Waals surface area contributed by atoms with Gasteiger partial charge in [-0.3, -0.25) is 29.6 Å². The van der Waals surface area contributed by atoms with Crippen LogP contribution in [0.4, 0.5) is 5.13 Å². The molecule has 0 atom stereocenters. The minimum atomic E-state index is -0.456. The molecule has 11 heteroatoms. The van der Waals surface area contributed by atoms with Gasteiger partial charge in [-0.05, 0) is 6.92 Å². The van der Waals surface area contributed by atoms with Crippen LogP contribution in [0.25, 0.3) is 0 Å². The number of nitrogens with zero attached hydrogens (tertiary/aromatic N) is 4. The van der Waals surface area contributed by atoms with Crippen molar-refractivity contribution in [1.29, 1.82) is 0 Å². The van der Waals surface area contributed by atoms with Crippen molar-refractivity contribution in [2.45, 2.75) is 19.9 Å². The highest BCUT2D eigenvalue weighted by atomic mass is 32.1. The van der Waals surface area contributed by atoms with Gasteiger partial charge in [-0.15, -0.1) is 11.3 Å². The number of carbonyl (C=O) groups is 3. The number of carbonyl (C=O) groups excluding carboxylic acids is 3. The number of anilines is 1. The van der Waals surface area contributed by atoms with Gasteiger partial charge in [-0.25, -0.2) is 9.97 Å². The summed E-state index contributed by atoms with van der Waals surface area (Å²) in [4.78, 5) is 50.7. The topological polar surface area (TPSA) is 126 Å². The van der Waals surface area contributed by atoms with E-state index in [2.05, 4.69) is 25.6 Å². The van der Waals surface area contributed by atoms with Crippen LogP contribution in [0.3, 0.4) is 0 Å². The van der Waals surface area contributed by atoms with Gasteiger partial charge in [0.1, 0.15) is 12.2 Å². The van der Waals surface area contributed by atoms with Crippen molar-refractivity contribution in [2.75, 3.05) is 31.6 Å². The number of thiazole rings is 1. The zero-order valence-corrected chi connectivity index (χ0v) is 16.1. The molecule has 148 valence electrons. The maximum Gasteiger partial charge on any atom is 0.325 e. The molecule has 2 N–H and O–H groups in total. The number of esters is 1. The lowest BCUT2D eigenvalue weighted by Gasteiger charge is -2.24. The molecule has 1 aliphatic rings. The Balaban J connectivity index is 1.52. The van der Waals surface area contributed by atoms with Crippen molar-refractivity contribution >= 4 is 34.3 Å². The van der Waals surface area contributed by atoms with Crippen molar-refractivity contribution in [3.05, 3.63) is 34.9 Å². The minimum absolute atomic E-state index is 0.134. The second-order valence-electron chi connectivity index (χ2n) is 5.98. The van der Waals surface area contributed by atoms with Crippen LogP contribution in [0.2, 0.25) is 0 Å². The lowest BCUT2D eigenvalue weighted by Crippen LogP contribution is -2.41. The van der Waals surface area contributed by atoms with E-state index in [9.17, 15) is 14.4 Å². The summed E-state index contributed by atoms with van der Waals surface area (Å²) in [6, 6.07) is 0. The van der Waals surface area contributed by atoms with Gasteiger partial charge in [0.15, 0.2) is 5.13 Å². The highest BCUT2D eigenvalue weighted by Crippen LogP contribution is 2.28. The standard InChI is InChI=1S/C17H20N6O4S/c1-2-27-15(25)8-20-14(24)10-23-6-3-11-13(9-23)28-17(21-11)22-16(26)12-7-18-4-5-19-12/h4-5,7H,2-3,6,8-10H2,1H3,(H,20,24)(H,21,22,26). The van der Waals surface area contributed by atoms with Gasteiger partial charge in [-0.2, -0.15) is 0 Å². The van der Waals surface area contributed by atoms with Crippen LogP contribution < -0.4 is 10.6 Å². The quantitative estimate of drug-likeness (QED) is 0.628. The molecule has 0 fully saturated rings. The van der Waals surface area contributed by atoms with E-state index in [-0.39, 0.29) is 37.2 Å². The Morgan fingerprint density at radius 3 is 2.93 bits per heavy atom. The highest BCUT2D eigenvalue weighted by Gasteiger charge is 2.23. The molecule has 2 aromatic rings. The van der Waals surface area contributed by atoms with E-state index < -0.39 is 5.97 Å². The van der Waals surface area contributed by atoms with E-state index >= 15 is 0 Å². The van der Waals surface area contributed by atoms with Gasteiger partial charge in [0.25, 0.3) is 5.91 Å². The molecular weight excluding hydrogens is 384 g/mol. The van der Waals surface area contributed by atoms with Crippen LogP contribution in [-0.2, 0) is 27.3 Å². The van der Waals surface area contributed by atoms with Crippen molar-refractivity contribution in [3.63, 3.8) is 0 Å². The van der Waals surface area contributed by atoms with Crippen molar-refractivity contribution in [1.82, 2.24) is 25.2 Å². The normalized spacial score (nSPS) is 13.5. The van der Waals surface area contributed by atoms with Gasteiger partial charge < -0.3 is 10.1 Å². The fourth-order valence-electron chi connectivity index (χ4n) is 2.66. The number of fused-ring (bicyclic) bond motifs is 1. The van der Waals surface area contributed by atoms with Crippen LogP contribution in [0, 0.1) is 0 Å². The summed E-state index contributed by atoms with van der Waals surface area (Å²) in [5.74, 6) is -1.06. The van der Waals surface area contributed by atoms with E-state index in [1.807, 2.05) is 4.90 Å². The summed E-state index contributed by atoms with van der Waals surface area (Å²) in [6.07, 6.45) is 5.01. The van der Waals surface area contributed by atoms with E-state index in [0.29, 0.717) is 24.6 Å². The Morgan fingerprint density at radius 1 is 1.32 bits per heavy atom. The number of ether oxygens (including phenoxy) is 1. The van der Waals surface area contributed by atoms with Gasteiger partial charge in [0.05, 0.1) is 25.0 Å². The molecule has 10 nitrogen and oxygen atoms in total. The van der Waals surface area contributed by atoms with Crippen molar-refractivity contribution in [2.24, 2.45) is 0 Å². The van der Waals surface area contributed by atoms with Gasteiger partial charge in [0, 0.05) is 36.8 Å². The van der Waals surface area contributed by atoms with Crippen LogP contribution in [0.1, 0.15) is 28.0 Å². The number of hydrogen-bond donors (Lipinski definition) is 2. The summed E-state index contributed by atoms with van der Waals surface area (Å²) in [6.45, 7) is 3.26. The average molecular weight is 404 g/mol. The van der Waals surface area contributed by atoms with E-state index in [1.165, 1.54) is 29.9 Å². The first kappa shape index (κ1) is 19.8. The van der Waals surface area contributed by atoms with E-state index in [4.69, 9.17) is 4.74 Å². The number of rotatable bonds is 7. The van der Waals surface area contributed by atoms with Crippen molar-refractivity contribution < 1.29 is 19.1 Å². The van der Waals surface area contributed by atoms with Crippen LogP contribution in [0.5, 0.6) is 0 Å². The second-order valence-corrected chi connectivity index (χ2v) is 7.06. The third-order valence-electron chi connectivity index (χ3n) is 3.93. The number of amides is 2. The smallest absolute Gasteiger partial charge is 0.325 e. The molecule has 0 spiro atoms. The number of aromatic nitrogens is 3. The number of nitrogens with one attached hydrogen (secondary N) is 2. The monoisotopic (exact) mass is 404 g/mol. The predicted octanol–water partition coefficient (Wildman–Crippen LogP) is 0.223. The molecule has 3 rings (SSSR count). The third-order valence-corrected chi connectivity index (χ3v) is 4.93. The first-order valence-electron chi connectivity index (χ1n) is 8.75. The molecule has 3 heterocycles. The lowest BCUT2D eigenvalue weighted by atomic mass is 10.2. The zero-order valence-electron chi connectivity index (χ0n) is 15.3. The van der Waals surface area contributed by atoms with Gasteiger partial charge >= 0.3 is 5.97 Å². The molecule has 0 aromatic carbocycles. The summed E-state index contributed by atoms with van der Waals surface area (Å²) in [5, 5.41) is 5.78. The molecular formula is C17H20N6O4S. The summed E-state index contributed by atoms with van der Waals surface area (Å²) >= 11 is 1.38. The lowest BCUT2D eigenvalue weighted by molar-refractivity contribution is -0.143. The van der Waals surface area contributed by atoms with Crippen LogP contribution >= 0.6 is 11.3 Å². The molecule has 0 radical (unpaired) electrons. The molecule has 28 heavy (non-hydrogen) atoms. The molecule has 2 aromatic heterocycles. The molecule has 0 saturated heterocycles. The van der Waals surface area contributed by atoms with E-state index in [0.717, 1.165) is 10.6 Å². The third kappa shape index (κ3) is 5.30. The van der Waals surface area contributed by atoms with Crippen molar-refractivity contribution in [3.8, 4) is 0 Å². The SMILES string of the molecule is CCOC(=O)CNC(=O)CN1CCc2nc(NC(=O)c3cnccn3)sc2C1. The fraction of sp³-hybridized carbons (Fsp3) is 0.412. The Labute approximate surface area is 165 Å². The van der Waals surface area contributed by atoms with Crippen LogP contribution in [-0.4, -0.2) is 63.9 Å². The zero-order chi connectivity index (χ0) is 19.9. The first-order valence-corrected chi connectivity index (χ1v) is 9.57. The summed E-state index contributed by atoms with van der Waals surface area (Å²) in [5.41, 5.74) is 1.14. The first-order chi connectivity index (χ1) is 13.5. The number of hydrogen-bond acceptors (Lipinski definition) is 9. The second kappa shape index (κ2) is 9.33. The Kier molecular flexibility index (Phi) is 6.61. The van der Waals surface area contributed by atoms with Gasteiger partial charge in [-0.1, -0.05) is 0 Å². The van der Waals surface area contributed by atoms with Gasteiger partial charge in [0.2, 0.25) is 5.91 Å². The van der Waals surface area contributed by atoms with E-state index in [1.54, 1.807) is 6.92 Å². The molecule has 1 aliphatic heterocycles. The average Bonchev–Trinajstić information content (AvgIpc) is 3.09. The molecule has 0 bridgehead atoms. The molecule has 0 aliphatic carbocycles. The Hall–Kier alpha value is -2.92.